The van der Waals surface area contributed by atoms with Gasteiger partial charge in [-0.1, -0.05) is 6.92 Å². The molecule has 3 nitrogen and oxygen atoms in total. The minimum atomic E-state index is -0.981. The molecule has 0 aromatic carbocycles. The third kappa shape index (κ3) is 2.19. The summed E-state index contributed by atoms with van der Waals surface area (Å²) in [6, 6.07) is 0. The zero-order valence-electron chi connectivity index (χ0n) is 6.91. The van der Waals surface area contributed by atoms with Gasteiger partial charge in [-0.15, -0.1) is 0 Å². The van der Waals surface area contributed by atoms with Crippen LogP contribution in [0.15, 0.2) is 0 Å². The van der Waals surface area contributed by atoms with Crippen molar-refractivity contribution in [3.63, 3.8) is 0 Å². The van der Waals surface area contributed by atoms with Crippen molar-refractivity contribution >= 4 is 5.97 Å². The summed E-state index contributed by atoms with van der Waals surface area (Å²) >= 11 is 0. The standard InChI is InChI=1S/C8H14O3/c1-5-3-7(4-5)11-8(10)6(2)9/h5-7,9H,3-4H2,1-2H3. The van der Waals surface area contributed by atoms with Gasteiger partial charge in [0.1, 0.15) is 12.2 Å². The van der Waals surface area contributed by atoms with Gasteiger partial charge in [-0.05, 0) is 25.7 Å². The fourth-order valence-electron chi connectivity index (χ4n) is 1.19. The van der Waals surface area contributed by atoms with Crippen molar-refractivity contribution in [3.05, 3.63) is 0 Å². The Hall–Kier alpha value is -0.570. The van der Waals surface area contributed by atoms with E-state index in [1.807, 2.05) is 0 Å². The van der Waals surface area contributed by atoms with E-state index in [4.69, 9.17) is 9.84 Å². The highest BCUT2D eigenvalue weighted by atomic mass is 16.6. The SMILES string of the molecule is CC1CC(OC(=O)C(C)O)C1. The molecule has 0 heterocycles. The zero-order chi connectivity index (χ0) is 8.43. The van der Waals surface area contributed by atoms with Gasteiger partial charge in [-0.25, -0.2) is 4.79 Å². The average molecular weight is 158 g/mol. The average Bonchev–Trinajstić information content (AvgIpc) is 1.84. The van der Waals surface area contributed by atoms with E-state index in [0.29, 0.717) is 5.92 Å². The van der Waals surface area contributed by atoms with Crippen molar-refractivity contribution in [1.82, 2.24) is 0 Å². The fraction of sp³-hybridized carbons (Fsp3) is 0.875. The monoisotopic (exact) mass is 158 g/mol. The lowest BCUT2D eigenvalue weighted by Crippen LogP contribution is -2.34. The quantitative estimate of drug-likeness (QED) is 0.602. The predicted octanol–water partition coefficient (Wildman–Crippen LogP) is 0.709. The molecule has 0 amide bonds. The molecule has 0 aromatic heterocycles. The molecule has 0 saturated heterocycles. The van der Waals surface area contributed by atoms with Crippen LogP contribution in [0.25, 0.3) is 0 Å². The Morgan fingerprint density at radius 1 is 1.64 bits per heavy atom. The third-order valence-electron chi connectivity index (χ3n) is 1.95. The number of carbonyl (C=O) groups is 1. The summed E-state index contributed by atoms with van der Waals surface area (Å²) in [5, 5.41) is 8.78. The number of rotatable bonds is 2. The molecule has 0 bridgehead atoms. The molecule has 1 atom stereocenters. The summed E-state index contributed by atoms with van der Waals surface area (Å²) in [6.45, 7) is 3.54. The van der Waals surface area contributed by atoms with E-state index in [9.17, 15) is 4.79 Å². The van der Waals surface area contributed by atoms with Gasteiger partial charge in [-0.2, -0.15) is 0 Å². The number of esters is 1. The number of hydrogen-bond donors (Lipinski definition) is 1. The Morgan fingerprint density at radius 2 is 2.18 bits per heavy atom. The summed E-state index contributed by atoms with van der Waals surface area (Å²) in [7, 11) is 0. The maximum Gasteiger partial charge on any atom is 0.334 e. The van der Waals surface area contributed by atoms with Crippen LogP contribution in [0, 0.1) is 5.92 Å². The first-order valence-electron chi connectivity index (χ1n) is 3.98. The van der Waals surface area contributed by atoms with Gasteiger partial charge in [0.2, 0.25) is 0 Å². The van der Waals surface area contributed by atoms with Gasteiger partial charge in [0.15, 0.2) is 0 Å². The molecule has 1 rings (SSSR count). The Bertz CT molecular complexity index is 147. The topological polar surface area (TPSA) is 46.5 Å². The van der Waals surface area contributed by atoms with E-state index in [2.05, 4.69) is 6.92 Å². The molecular weight excluding hydrogens is 144 g/mol. The van der Waals surface area contributed by atoms with Crippen molar-refractivity contribution in [2.75, 3.05) is 0 Å². The summed E-state index contributed by atoms with van der Waals surface area (Å²) in [5.41, 5.74) is 0. The Morgan fingerprint density at radius 3 is 2.55 bits per heavy atom. The molecule has 1 N–H and O–H groups in total. The lowest BCUT2D eigenvalue weighted by atomic mass is 9.84. The normalized spacial score (nSPS) is 32.3. The van der Waals surface area contributed by atoms with Gasteiger partial charge in [-0.3, -0.25) is 0 Å². The van der Waals surface area contributed by atoms with E-state index < -0.39 is 12.1 Å². The Balaban J connectivity index is 2.17. The molecule has 1 fully saturated rings. The van der Waals surface area contributed by atoms with Crippen LogP contribution in [0.5, 0.6) is 0 Å². The van der Waals surface area contributed by atoms with Crippen LogP contribution in [0.2, 0.25) is 0 Å². The molecule has 64 valence electrons. The molecule has 0 spiro atoms. The largest absolute Gasteiger partial charge is 0.460 e. The van der Waals surface area contributed by atoms with Gasteiger partial charge in [0.05, 0.1) is 0 Å². The van der Waals surface area contributed by atoms with Gasteiger partial charge < -0.3 is 9.84 Å². The number of aliphatic hydroxyl groups is 1. The van der Waals surface area contributed by atoms with Crippen molar-refractivity contribution in [3.8, 4) is 0 Å². The number of aliphatic hydroxyl groups excluding tert-OH is 1. The lowest BCUT2D eigenvalue weighted by molar-refractivity contribution is -0.164. The molecule has 0 aromatic rings. The van der Waals surface area contributed by atoms with E-state index in [-0.39, 0.29) is 6.10 Å². The second-order valence-electron chi connectivity index (χ2n) is 3.31. The molecular formula is C8H14O3. The first-order valence-corrected chi connectivity index (χ1v) is 3.98. The Labute approximate surface area is 66.4 Å². The van der Waals surface area contributed by atoms with Crippen molar-refractivity contribution in [2.45, 2.75) is 38.9 Å². The summed E-state index contributed by atoms with van der Waals surface area (Å²) in [4.78, 5) is 10.8. The molecule has 11 heavy (non-hydrogen) atoms. The van der Waals surface area contributed by atoms with E-state index in [1.54, 1.807) is 0 Å². The lowest BCUT2D eigenvalue weighted by Gasteiger charge is -2.32. The molecule has 3 heteroatoms. The van der Waals surface area contributed by atoms with Crippen molar-refractivity contribution < 1.29 is 14.6 Å². The minimum Gasteiger partial charge on any atom is -0.460 e. The summed E-state index contributed by atoms with van der Waals surface area (Å²) < 4.78 is 4.93. The minimum absolute atomic E-state index is 0.0621. The molecule has 1 saturated carbocycles. The maximum absolute atomic E-state index is 10.8. The highest BCUT2D eigenvalue weighted by Crippen LogP contribution is 2.29. The second-order valence-corrected chi connectivity index (χ2v) is 3.31. The molecule has 0 radical (unpaired) electrons. The van der Waals surface area contributed by atoms with E-state index >= 15 is 0 Å². The number of hydrogen-bond acceptors (Lipinski definition) is 3. The third-order valence-corrected chi connectivity index (χ3v) is 1.95. The first-order chi connectivity index (χ1) is 5.09. The van der Waals surface area contributed by atoms with Crippen LogP contribution in [0.1, 0.15) is 26.7 Å². The van der Waals surface area contributed by atoms with Crippen LogP contribution in [-0.4, -0.2) is 23.3 Å². The Kier molecular flexibility index (Phi) is 2.49. The van der Waals surface area contributed by atoms with E-state index in [0.717, 1.165) is 12.8 Å². The van der Waals surface area contributed by atoms with Crippen LogP contribution in [0.3, 0.4) is 0 Å². The van der Waals surface area contributed by atoms with Gasteiger partial charge in [0, 0.05) is 0 Å². The highest BCUT2D eigenvalue weighted by molar-refractivity contribution is 5.74. The highest BCUT2D eigenvalue weighted by Gasteiger charge is 2.29. The van der Waals surface area contributed by atoms with Gasteiger partial charge in [0.25, 0.3) is 0 Å². The first kappa shape index (κ1) is 8.53. The summed E-state index contributed by atoms with van der Waals surface area (Å²) in [5.74, 6) is 0.170. The molecule has 1 aliphatic carbocycles. The second kappa shape index (κ2) is 3.22. The fourth-order valence-corrected chi connectivity index (χ4v) is 1.19. The van der Waals surface area contributed by atoms with Crippen LogP contribution >= 0.6 is 0 Å². The smallest absolute Gasteiger partial charge is 0.334 e. The summed E-state index contributed by atoms with van der Waals surface area (Å²) in [6.07, 6.45) is 0.967. The van der Waals surface area contributed by atoms with Gasteiger partial charge >= 0.3 is 5.97 Å². The van der Waals surface area contributed by atoms with Crippen molar-refractivity contribution in [2.24, 2.45) is 5.92 Å². The zero-order valence-corrected chi connectivity index (χ0v) is 6.91. The van der Waals surface area contributed by atoms with E-state index in [1.165, 1.54) is 6.92 Å². The van der Waals surface area contributed by atoms with Crippen molar-refractivity contribution in [1.29, 1.82) is 0 Å². The number of ether oxygens (including phenoxy) is 1. The molecule has 0 aliphatic heterocycles. The molecule has 1 aliphatic rings. The van der Waals surface area contributed by atoms with Crippen LogP contribution in [-0.2, 0) is 9.53 Å². The number of carbonyl (C=O) groups excluding carboxylic acids is 1. The maximum atomic E-state index is 10.8. The predicted molar refractivity (Wildman–Crippen MR) is 40.0 cm³/mol. The molecule has 1 unspecified atom stereocenters. The van der Waals surface area contributed by atoms with Crippen LogP contribution in [0.4, 0.5) is 0 Å². The van der Waals surface area contributed by atoms with Crippen LogP contribution < -0.4 is 0 Å².